The first-order valence-corrected chi connectivity index (χ1v) is 9.55. The molecule has 1 aromatic heterocycles. The third-order valence-corrected chi connectivity index (χ3v) is 4.74. The van der Waals surface area contributed by atoms with Gasteiger partial charge < -0.3 is 4.84 Å². The maximum atomic E-state index is 13.1. The van der Waals surface area contributed by atoms with Gasteiger partial charge in [-0.25, -0.2) is 4.79 Å². The molecule has 0 N–H and O–H groups in total. The zero-order valence-electron chi connectivity index (χ0n) is 17.5. The Kier molecular flexibility index (Phi) is 6.28. The van der Waals surface area contributed by atoms with Crippen molar-refractivity contribution in [1.29, 1.82) is 0 Å². The SMILES string of the molecule is Cc1cccc(-n2nnn(C)c2=O)c1CO/N=C(/c1cccc(C(F)(F)F)c1)C(C)C. The predicted octanol–water partition coefficient (Wildman–Crippen LogP) is 3.87. The predicted molar refractivity (Wildman–Crippen MR) is 109 cm³/mol. The Morgan fingerprint density at radius 2 is 1.87 bits per heavy atom. The molecule has 0 saturated carbocycles. The van der Waals surface area contributed by atoms with Crippen LogP contribution in [0.25, 0.3) is 5.69 Å². The van der Waals surface area contributed by atoms with Crippen molar-refractivity contribution in [2.45, 2.75) is 33.6 Å². The Labute approximate surface area is 176 Å². The van der Waals surface area contributed by atoms with Gasteiger partial charge in [0.15, 0.2) is 0 Å². The Morgan fingerprint density at radius 1 is 1.16 bits per heavy atom. The van der Waals surface area contributed by atoms with E-state index < -0.39 is 17.4 Å². The van der Waals surface area contributed by atoms with E-state index in [0.29, 0.717) is 22.5 Å². The van der Waals surface area contributed by atoms with Gasteiger partial charge in [-0.3, -0.25) is 0 Å². The number of aromatic nitrogens is 4. The van der Waals surface area contributed by atoms with Crippen LogP contribution in [0.2, 0.25) is 0 Å². The lowest BCUT2D eigenvalue weighted by Crippen LogP contribution is -2.23. The summed E-state index contributed by atoms with van der Waals surface area (Å²) in [6, 6.07) is 10.3. The zero-order valence-corrected chi connectivity index (χ0v) is 17.5. The first kappa shape index (κ1) is 22.3. The minimum atomic E-state index is -4.45. The highest BCUT2D eigenvalue weighted by Crippen LogP contribution is 2.30. The van der Waals surface area contributed by atoms with E-state index in [4.69, 9.17) is 4.84 Å². The Hall–Kier alpha value is -3.43. The third-order valence-electron chi connectivity index (χ3n) is 4.74. The van der Waals surface area contributed by atoms with Crippen molar-refractivity contribution in [3.05, 3.63) is 75.2 Å². The van der Waals surface area contributed by atoms with Crippen LogP contribution in [0, 0.1) is 12.8 Å². The van der Waals surface area contributed by atoms with Gasteiger partial charge in [0.1, 0.15) is 6.61 Å². The van der Waals surface area contributed by atoms with Crippen LogP contribution < -0.4 is 5.69 Å². The van der Waals surface area contributed by atoms with Crippen molar-refractivity contribution in [1.82, 2.24) is 19.8 Å². The summed E-state index contributed by atoms with van der Waals surface area (Å²) in [7, 11) is 1.49. The fourth-order valence-electron chi connectivity index (χ4n) is 3.05. The summed E-state index contributed by atoms with van der Waals surface area (Å²) >= 11 is 0. The van der Waals surface area contributed by atoms with Crippen molar-refractivity contribution in [3.8, 4) is 5.69 Å². The Morgan fingerprint density at radius 3 is 2.48 bits per heavy atom. The summed E-state index contributed by atoms with van der Waals surface area (Å²) in [6.45, 7) is 5.49. The molecule has 2 aromatic carbocycles. The highest BCUT2D eigenvalue weighted by atomic mass is 19.4. The average Bonchev–Trinajstić information content (AvgIpc) is 3.04. The van der Waals surface area contributed by atoms with Crippen molar-refractivity contribution in [3.63, 3.8) is 0 Å². The quantitative estimate of drug-likeness (QED) is 0.437. The van der Waals surface area contributed by atoms with Gasteiger partial charge in [0, 0.05) is 18.2 Å². The molecule has 3 rings (SSSR count). The van der Waals surface area contributed by atoms with E-state index in [1.54, 1.807) is 18.2 Å². The number of tetrazole rings is 1. The van der Waals surface area contributed by atoms with Crippen molar-refractivity contribution < 1.29 is 18.0 Å². The standard InChI is InChI=1S/C21H22F3N5O2/c1-13(2)19(15-8-6-9-16(11-15)21(22,23)24)25-31-12-17-14(3)7-5-10-18(17)29-20(30)28(4)26-27-29/h5-11,13H,12H2,1-4H3/b25-19+. The summed E-state index contributed by atoms with van der Waals surface area (Å²) in [4.78, 5) is 17.8. The van der Waals surface area contributed by atoms with Gasteiger partial charge in [0.05, 0.1) is 17.0 Å². The van der Waals surface area contributed by atoms with Crippen LogP contribution in [0.1, 0.15) is 36.1 Å². The van der Waals surface area contributed by atoms with Crippen LogP contribution >= 0.6 is 0 Å². The molecule has 0 bridgehead atoms. The fourth-order valence-corrected chi connectivity index (χ4v) is 3.05. The third kappa shape index (κ3) is 4.84. The largest absolute Gasteiger partial charge is 0.416 e. The van der Waals surface area contributed by atoms with Crippen LogP contribution in [0.5, 0.6) is 0 Å². The summed E-state index contributed by atoms with van der Waals surface area (Å²) < 4.78 is 41.5. The van der Waals surface area contributed by atoms with E-state index in [2.05, 4.69) is 15.6 Å². The molecule has 3 aromatic rings. The molecule has 7 nitrogen and oxygen atoms in total. The molecule has 0 unspecified atom stereocenters. The number of hydrogen-bond acceptors (Lipinski definition) is 5. The van der Waals surface area contributed by atoms with E-state index >= 15 is 0 Å². The van der Waals surface area contributed by atoms with Crippen LogP contribution in [-0.4, -0.2) is 25.5 Å². The van der Waals surface area contributed by atoms with Gasteiger partial charge in [-0.2, -0.15) is 22.5 Å². The van der Waals surface area contributed by atoms with Gasteiger partial charge in [-0.05, 0) is 47.0 Å². The van der Waals surface area contributed by atoms with Crippen molar-refractivity contribution >= 4 is 5.71 Å². The van der Waals surface area contributed by atoms with E-state index in [1.807, 2.05) is 26.8 Å². The number of rotatable bonds is 6. The molecule has 0 aliphatic rings. The number of hydrogen-bond donors (Lipinski definition) is 0. The molecule has 0 atom stereocenters. The Balaban J connectivity index is 1.92. The number of alkyl halides is 3. The van der Waals surface area contributed by atoms with E-state index in [1.165, 1.54) is 13.1 Å². The lowest BCUT2D eigenvalue weighted by molar-refractivity contribution is -0.137. The monoisotopic (exact) mass is 433 g/mol. The molecule has 0 aliphatic carbocycles. The molecule has 31 heavy (non-hydrogen) atoms. The molecule has 10 heteroatoms. The highest BCUT2D eigenvalue weighted by molar-refractivity contribution is 6.01. The molecule has 0 radical (unpaired) electrons. The number of benzene rings is 2. The van der Waals surface area contributed by atoms with Crippen molar-refractivity contribution in [2.24, 2.45) is 18.1 Å². The highest BCUT2D eigenvalue weighted by Gasteiger charge is 2.31. The summed E-state index contributed by atoms with van der Waals surface area (Å²) in [5.74, 6) is -0.178. The maximum Gasteiger partial charge on any atom is 0.416 e. The molecule has 0 fully saturated rings. The fraction of sp³-hybridized carbons (Fsp3) is 0.333. The topological polar surface area (TPSA) is 74.3 Å². The van der Waals surface area contributed by atoms with E-state index in [9.17, 15) is 18.0 Å². The van der Waals surface area contributed by atoms with Crippen LogP contribution in [0.4, 0.5) is 13.2 Å². The first-order chi connectivity index (χ1) is 14.6. The number of nitrogens with zero attached hydrogens (tertiary/aromatic N) is 5. The molecular formula is C21H22F3N5O2. The van der Waals surface area contributed by atoms with E-state index in [-0.39, 0.29) is 12.5 Å². The van der Waals surface area contributed by atoms with Gasteiger partial charge in [0.25, 0.3) is 0 Å². The first-order valence-electron chi connectivity index (χ1n) is 9.55. The van der Waals surface area contributed by atoms with Gasteiger partial charge in [-0.1, -0.05) is 43.3 Å². The minimum absolute atomic E-state index is 0.000201. The summed E-state index contributed by atoms with van der Waals surface area (Å²) in [5, 5.41) is 11.7. The van der Waals surface area contributed by atoms with Gasteiger partial charge >= 0.3 is 11.9 Å². The lowest BCUT2D eigenvalue weighted by Gasteiger charge is -2.14. The van der Waals surface area contributed by atoms with Gasteiger partial charge in [-0.15, -0.1) is 0 Å². The average molecular weight is 433 g/mol. The molecule has 0 aliphatic heterocycles. The van der Waals surface area contributed by atoms with Crippen LogP contribution in [-0.2, 0) is 24.7 Å². The molecule has 0 spiro atoms. The number of aryl methyl sites for hydroxylation is 2. The van der Waals surface area contributed by atoms with Gasteiger partial charge in [0.2, 0.25) is 0 Å². The smallest absolute Gasteiger partial charge is 0.391 e. The molecule has 164 valence electrons. The zero-order chi connectivity index (χ0) is 22.8. The second-order valence-electron chi connectivity index (χ2n) is 7.35. The lowest BCUT2D eigenvalue weighted by atomic mass is 9.98. The normalized spacial score (nSPS) is 12.5. The molecule has 0 amide bonds. The summed E-state index contributed by atoms with van der Waals surface area (Å²) in [6.07, 6.45) is -4.45. The maximum absolute atomic E-state index is 13.1. The van der Waals surface area contributed by atoms with Crippen LogP contribution in [0.15, 0.2) is 52.4 Å². The van der Waals surface area contributed by atoms with Crippen LogP contribution in [0.3, 0.4) is 0 Å². The Bertz CT molecular complexity index is 1160. The number of halogens is 3. The molecular weight excluding hydrogens is 411 g/mol. The minimum Gasteiger partial charge on any atom is -0.391 e. The second kappa shape index (κ2) is 8.75. The van der Waals surface area contributed by atoms with E-state index in [0.717, 1.165) is 27.1 Å². The molecule has 1 heterocycles. The van der Waals surface area contributed by atoms with Crippen molar-refractivity contribution in [2.75, 3.05) is 0 Å². The summed E-state index contributed by atoms with van der Waals surface area (Å²) in [5.41, 5.74) is 1.57. The molecule has 0 saturated heterocycles. The second-order valence-corrected chi connectivity index (χ2v) is 7.35. The number of oxime groups is 1.